The van der Waals surface area contributed by atoms with E-state index in [1.165, 1.54) is 6.42 Å². The number of carbonyl (C=O) groups excluding carboxylic acids is 1. The molecule has 18 heavy (non-hydrogen) atoms. The Bertz CT molecular complexity index is 253. The summed E-state index contributed by atoms with van der Waals surface area (Å²) < 4.78 is 10.4. The van der Waals surface area contributed by atoms with Gasteiger partial charge in [0.05, 0.1) is 13.2 Å². The first kappa shape index (κ1) is 15.4. The third kappa shape index (κ3) is 5.80. The number of nitrogens with two attached hydrogens (primary N) is 1. The average molecular weight is 258 g/mol. The Labute approximate surface area is 109 Å². The zero-order chi connectivity index (χ0) is 13.4. The summed E-state index contributed by atoms with van der Waals surface area (Å²) in [4.78, 5) is 11.5. The summed E-state index contributed by atoms with van der Waals surface area (Å²) in [7, 11) is 1.61. The molecule has 0 heterocycles. The summed E-state index contributed by atoms with van der Waals surface area (Å²) in [6, 6.07) is 0.00705. The maximum Gasteiger partial charge on any atom is 0.246 e. The van der Waals surface area contributed by atoms with E-state index in [0.29, 0.717) is 13.2 Å². The minimum atomic E-state index is -0.226. The zero-order valence-corrected chi connectivity index (χ0v) is 11.5. The lowest BCUT2D eigenvalue weighted by molar-refractivity contribution is -0.127. The van der Waals surface area contributed by atoms with Crippen molar-refractivity contribution in [1.82, 2.24) is 5.32 Å². The van der Waals surface area contributed by atoms with Crippen molar-refractivity contribution in [3.63, 3.8) is 0 Å². The third-order valence-electron chi connectivity index (χ3n) is 3.30. The molecule has 1 rings (SSSR count). The molecule has 1 aliphatic carbocycles. The highest BCUT2D eigenvalue weighted by Crippen LogP contribution is 2.25. The van der Waals surface area contributed by atoms with Crippen molar-refractivity contribution in [2.24, 2.45) is 5.73 Å². The molecule has 1 atom stereocenters. The number of rotatable bonds is 7. The van der Waals surface area contributed by atoms with Crippen molar-refractivity contribution in [1.29, 1.82) is 0 Å². The first-order valence-electron chi connectivity index (χ1n) is 6.71. The summed E-state index contributed by atoms with van der Waals surface area (Å²) in [6.45, 7) is 2.95. The molecule has 0 bridgehead atoms. The molecule has 1 amide bonds. The molecule has 1 aliphatic rings. The molecular weight excluding hydrogens is 232 g/mol. The summed E-state index contributed by atoms with van der Waals surface area (Å²) >= 11 is 0. The van der Waals surface area contributed by atoms with Gasteiger partial charge in [0.2, 0.25) is 5.91 Å². The number of nitrogens with one attached hydrogen (secondary N) is 1. The molecule has 5 nitrogen and oxygen atoms in total. The van der Waals surface area contributed by atoms with Crippen LogP contribution in [-0.4, -0.2) is 44.4 Å². The van der Waals surface area contributed by atoms with Crippen LogP contribution in [0.3, 0.4) is 0 Å². The molecule has 0 aromatic rings. The van der Waals surface area contributed by atoms with Gasteiger partial charge in [0, 0.05) is 18.7 Å². The second kappa shape index (κ2) is 7.71. The van der Waals surface area contributed by atoms with Crippen LogP contribution in [-0.2, 0) is 14.3 Å². The molecule has 5 heteroatoms. The van der Waals surface area contributed by atoms with Gasteiger partial charge in [-0.2, -0.15) is 0 Å². The van der Waals surface area contributed by atoms with E-state index in [9.17, 15) is 4.79 Å². The van der Waals surface area contributed by atoms with Crippen molar-refractivity contribution >= 4 is 5.91 Å². The SMILES string of the molecule is COCC(C)NC(=O)COCC1(N)CCCCC1. The molecule has 1 saturated carbocycles. The molecule has 106 valence electrons. The Morgan fingerprint density at radius 1 is 1.39 bits per heavy atom. The Hall–Kier alpha value is -0.650. The zero-order valence-electron chi connectivity index (χ0n) is 11.5. The van der Waals surface area contributed by atoms with Crippen LogP contribution in [0.15, 0.2) is 0 Å². The van der Waals surface area contributed by atoms with Gasteiger partial charge < -0.3 is 20.5 Å². The van der Waals surface area contributed by atoms with Crippen molar-refractivity contribution in [3.05, 3.63) is 0 Å². The maximum absolute atomic E-state index is 11.5. The van der Waals surface area contributed by atoms with Crippen LogP contribution in [0.1, 0.15) is 39.0 Å². The van der Waals surface area contributed by atoms with E-state index in [-0.39, 0.29) is 24.1 Å². The van der Waals surface area contributed by atoms with Crippen molar-refractivity contribution in [2.75, 3.05) is 26.9 Å². The number of hydrogen-bond donors (Lipinski definition) is 2. The Kier molecular flexibility index (Phi) is 6.60. The fraction of sp³-hybridized carbons (Fsp3) is 0.923. The van der Waals surface area contributed by atoms with Crippen LogP contribution in [0, 0.1) is 0 Å². The van der Waals surface area contributed by atoms with E-state index in [0.717, 1.165) is 25.7 Å². The lowest BCUT2D eigenvalue weighted by atomic mass is 9.83. The van der Waals surface area contributed by atoms with Gasteiger partial charge in [0.1, 0.15) is 6.61 Å². The van der Waals surface area contributed by atoms with Gasteiger partial charge in [-0.25, -0.2) is 0 Å². The normalized spacial score (nSPS) is 20.4. The van der Waals surface area contributed by atoms with Crippen LogP contribution in [0.4, 0.5) is 0 Å². The Morgan fingerprint density at radius 2 is 2.06 bits per heavy atom. The number of ether oxygens (including phenoxy) is 2. The van der Waals surface area contributed by atoms with Crippen molar-refractivity contribution in [3.8, 4) is 0 Å². The highest BCUT2D eigenvalue weighted by molar-refractivity contribution is 5.77. The van der Waals surface area contributed by atoms with E-state index in [2.05, 4.69) is 5.32 Å². The molecule has 0 saturated heterocycles. The van der Waals surface area contributed by atoms with Crippen LogP contribution >= 0.6 is 0 Å². The standard InChI is InChI=1S/C13H26N2O3/c1-11(8-17-2)15-12(16)9-18-10-13(14)6-4-3-5-7-13/h11H,3-10,14H2,1-2H3,(H,15,16). The fourth-order valence-corrected chi connectivity index (χ4v) is 2.36. The van der Waals surface area contributed by atoms with Gasteiger partial charge in [0.15, 0.2) is 0 Å². The summed E-state index contributed by atoms with van der Waals surface area (Å²) in [5, 5.41) is 2.80. The van der Waals surface area contributed by atoms with Crippen molar-refractivity contribution < 1.29 is 14.3 Å². The minimum absolute atomic E-state index is 0.00705. The lowest BCUT2D eigenvalue weighted by Gasteiger charge is -2.32. The van der Waals surface area contributed by atoms with E-state index in [4.69, 9.17) is 15.2 Å². The molecular formula is C13H26N2O3. The van der Waals surface area contributed by atoms with E-state index < -0.39 is 0 Å². The summed E-state index contributed by atoms with van der Waals surface area (Å²) in [5.74, 6) is -0.112. The Balaban J connectivity index is 2.14. The van der Waals surface area contributed by atoms with Gasteiger partial charge in [0.25, 0.3) is 0 Å². The van der Waals surface area contributed by atoms with E-state index in [1.54, 1.807) is 7.11 Å². The second-order valence-corrected chi connectivity index (χ2v) is 5.34. The largest absolute Gasteiger partial charge is 0.383 e. The van der Waals surface area contributed by atoms with Crippen LogP contribution in [0.2, 0.25) is 0 Å². The third-order valence-corrected chi connectivity index (χ3v) is 3.30. The summed E-state index contributed by atoms with van der Waals surface area (Å²) in [6.07, 6.45) is 5.57. The highest BCUT2D eigenvalue weighted by atomic mass is 16.5. The molecule has 0 aromatic heterocycles. The van der Waals surface area contributed by atoms with E-state index >= 15 is 0 Å². The molecule has 0 aromatic carbocycles. The molecule has 1 fully saturated rings. The first-order chi connectivity index (χ1) is 8.56. The van der Waals surface area contributed by atoms with Gasteiger partial charge in [-0.3, -0.25) is 4.79 Å². The lowest BCUT2D eigenvalue weighted by Crippen LogP contribution is -2.47. The number of amides is 1. The predicted molar refractivity (Wildman–Crippen MR) is 70.3 cm³/mol. The Morgan fingerprint density at radius 3 is 2.67 bits per heavy atom. The summed E-state index contributed by atoms with van der Waals surface area (Å²) in [5.41, 5.74) is 5.99. The fourth-order valence-electron chi connectivity index (χ4n) is 2.36. The van der Waals surface area contributed by atoms with Gasteiger partial charge in [-0.15, -0.1) is 0 Å². The molecule has 3 N–H and O–H groups in total. The molecule has 0 spiro atoms. The van der Waals surface area contributed by atoms with Crippen LogP contribution in [0.25, 0.3) is 0 Å². The second-order valence-electron chi connectivity index (χ2n) is 5.34. The monoisotopic (exact) mass is 258 g/mol. The smallest absolute Gasteiger partial charge is 0.246 e. The highest BCUT2D eigenvalue weighted by Gasteiger charge is 2.27. The number of carbonyl (C=O) groups is 1. The molecule has 0 aliphatic heterocycles. The predicted octanol–water partition coefficient (Wildman–Crippen LogP) is 0.816. The van der Waals surface area contributed by atoms with Gasteiger partial charge in [-0.05, 0) is 19.8 Å². The quantitative estimate of drug-likeness (QED) is 0.709. The maximum atomic E-state index is 11.5. The van der Waals surface area contributed by atoms with Gasteiger partial charge in [-0.1, -0.05) is 19.3 Å². The topological polar surface area (TPSA) is 73.6 Å². The average Bonchev–Trinajstić information content (AvgIpc) is 2.29. The number of methoxy groups -OCH3 is 1. The van der Waals surface area contributed by atoms with Crippen molar-refractivity contribution in [2.45, 2.75) is 50.6 Å². The minimum Gasteiger partial charge on any atom is -0.383 e. The number of hydrogen-bond acceptors (Lipinski definition) is 4. The van der Waals surface area contributed by atoms with E-state index in [1.807, 2.05) is 6.92 Å². The molecule has 1 unspecified atom stereocenters. The van der Waals surface area contributed by atoms with Gasteiger partial charge >= 0.3 is 0 Å². The molecule has 0 radical (unpaired) electrons. The first-order valence-corrected chi connectivity index (χ1v) is 6.71. The van der Waals surface area contributed by atoms with Crippen LogP contribution < -0.4 is 11.1 Å². The van der Waals surface area contributed by atoms with Crippen LogP contribution in [0.5, 0.6) is 0 Å².